The second kappa shape index (κ2) is 65.0. The molecular weight excluding hydrogens is 1190 g/mol. The van der Waals surface area contributed by atoms with Crippen LogP contribution >= 0.6 is 0 Å². The predicted molar refractivity (Wildman–Crippen MR) is 392 cm³/mol. The minimum absolute atomic E-state index is 0.200. The van der Waals surface area contributed by atoms with E-state index in [2.05, 4.69) is 79.9 Å². The van der Waals surface area contributed by atoms with Crippen LogP contribution in [-0.2, 0) is 23.7 Å². The van der Waals surface area contributed by atoms with Crippen LogP contribution in [0.4, 0.5) is 0 Å². The van der Waals surface area contributed by atoms with Crippen LogP contribution in [0.5, 0.6) is 0 Å². The molecule has 0 aromatic heterocycles. The average molecular weight is 1350 g/mol. The van der Waals surface area contributed by atoms with Crippen LogP contribution in [-0.4, -0.2) is 140 Å². The fraction of sp³-hybridized carbons (Fsp3) is 0.864. The Morgan fingerprint density at radius 1 is 0.389 bits per heavy atom. The highest BCUT2D eigenvalue weighted by Crippen LogP contribution is 2.30. The predicted octanol–water partition coefficient (Wildman–Crippen LogP) is 18.0. The highest BCUT2D eigenvalue weighted by atomic mass is 16.7. The number of hydrogen-bond donors (Lipinski definition) is 9. The minimum atomic E-state index is -1.78. The van der Waals surface area contributed by atoms with Gasteiger partial charge in [-0.3, -0.25) is 4.79 Å². The van der Waals surface area contributed by atoms with Crippen molar-refractivity contribution in [3.05, 3.63) is 60.8 Å². The fourth-order valence-corrected chi connectivity index (χ4v) is 13.2. The summed E-state index contributed by atoms with van der Waals surface area (Å²) in [4.78, 5) is 13.4. The maximum Gasteiger partial charge on any atom is 0.220 e. The van der Waals surface area contributed by atoms with Crippen LogP contribution in [0.2, 0.25) is 0 Å². The summed E-state index contributed by atoms with van der Waals surface area (Å²) in [5.41, 5.74) is 0. The van der Waals surface area contributed by atoms with Gasteiger partial charge in [0, 0.05) is 6.42 Å². The zero-order valence-electron chi connectivity index (χ0n) is 60.9. The van der Waals surface area contributed by atoms with Gasteiger partial charge >= 0.3 is 0 Å². The van der Waals surface area contributed by atoms with Crippen molar-refractivity contribution >= 4 is 5.91 Å². The van der Waals surface area contributed by atoms with E-state index in [9.17, 15) is 45.6 Å². The molecule has 0 aromatic carbocycles. The zero-order valence-corrected chi connectivity index (χ0v) is 60.9. The van der Waals surface area contributed by atoms with Gasteiger partial charge in [-0.15, -0.1) is 0 Å². The molecule has 2 aliphatic rings. The molecule has 0 spiro atoms. The Labute approximate surface area is 581 Å². The Hall–Kier alpha value is -2.31. The lowest BCUT2D eigenvalue weighted by Gasteiger charge is -2.46. The summed E-state index contributed by atoms with van der Waals surface area (Å²) in [6, 6.07) is -0.831. The molecule has 14 nitrogen and oxygen atoms in total. The maximum atomic E-state index is 13.4. The van der Waals surface area contributed by atoms with Crippen molar-refractivity contribution in [2.75, 3.05) is 19.8 Å². The van der Waals surface area contributed by atoms with Crippen molar-refractivity contribution in [1.82, 2.24) is 5.32 Å². The monoisotopic (exact) mass is 1340 g/mol. The zero-order chi connectivity index (χ0) is 68.7. The lowest BCUT2D eigenvalue weighted by Crippen LogP contribution is -2.65. The third kappa shape index (κ3) is 48.2. The van der Waals surface area contributed by atoms with E-state index in [1.807, 2.05) is 0 Å². The molecule has 12 unspecified atom stereocenters. The van der Waals surface area contributed by atoms with E-state index in [0.717, 1.165) is 83.5 Å². The molecule has 1 amide bonds. The van der Waals surface area contributed by atoms with Gasteiger partial charge in [0.05, 0.1) is 32.0 Å². The van der Waals surface area contributed by atoms with Crippen molar-refractivity contribution in [1.29, 1.82) is 0 Å². The number of ether oxygens (including phenoxy) is 4. The number of rotatable bonds is 67. The Bertz CT molecular complexity index is 1830. The van der Waals surface area contributed by atoms with Gasteiger partial charge in [0.15, 0.2) is 12.6 Å². The van der Waals surface area contributed by atoms with E-state index in [1.54, 1.807) is 0 Å². The molecule has 0 bridgehead atoms. The van der Waals surface area contributed by atoms with Gasteiger partial charge in [-0.25, -0.2) is 0 Å². The standard InChI is InChI=1S/C81H149NO13/c1-3-5-7-9-11-13-15-17-19-21-23-25-27-29-31-32-33-34-35-36-37-38-39-41-43-45-47-49-51-53-55-57-59-61-63-65-73(86)82-69(68-92-80-78(91)76(89)79(72(67-84)94-80)95-81-77(90)75(88)74(87)71(66-83)93-81)70(85)64-62-60-58-56-54-52-50-48-46-44-42-40-30-28-26-24-22-20-18-16-14-12-10-8-6-4-2/h5,7,11,13,17,19,23,25,29,31,69-72,74-81,83-85,87-91H,3-4,6,8-10,12,14-16,18,20-22,24,26-28,30,32-68H2,1-2H3,(H,82,86)/b7-5-,13-11-,19-17-,25-23-,31-29-. The van der Waals surface area contributed by atoms with Gasteiger partial charge in [-0.05, 0) is 57.8 Å². The quantitative estimate of drug-likeness (QED) is 0.0204. The molecule has 556 valence electrons. The number of unbranched alkanes of at least 4 members (excludes halogenated alkanes) is 44. The van der Waals surface area contributed by atoms with Gasteiger partial charge in [-0.1, -0.05) is 351 Å². The third-order valence-corrected chi connectivity index (χ3v) is 19.5. The first-order chi connectivity index (χ1) is 46.6. The fourth-order valence-electron chi connectivity index (χ4n) is 13.2. The normalized spacial score (nSPS) is 22.6. The summed E-state index contributed by atoms with van der Waals surface area (Å²) in [7, 11) is 0. The molecule has 14 heteroatoms. The number of nitrogens with one attached hydrogen (secondary N) is 1. The minimum Gasteiger partial charge on any atom is -0.394 e. The van der Waals surface area contributed by atoms with E-state index < -0.39 is 86.8 Å². The highest BCUT2D eigenvalue weighted by molar-refractivity contribution is 5.76. The topological polar surface area (TPSA) is 228 Å². The molecule has 0 radical (unpaired) electrons. The summed E-state index contributed by atoms with van der Waals surface area (Å²) in [6.07, 6.45) is 71.1. The maximum absolute atomic E-state index is 13.4. The molecule has 2 heterocycles. The van der Waals surface area contributed by atoms with Crippen LogP contribution in [0, 0.1) is 0 Å². The molecule has 2 aliphatic heterocycles. The van der Waals surface area contributed by atoms with Gasteiger partial charge < -0.3 is 65.1 Å². The molecule has 2 rings (SSSR count). The summed E-state index contributed by atoms with van der Waals surface area (Å²) >= 11 is 0. The van der Waals surface area contributed by atoms with Crippen molar-refractivity contribution in [2.24, 2.45) is 0 Å². The van der Waals surface area contributed by atoms with Crippen molar-refractivity contribution in [3.8, 4) is 0 Å². The second-order valence-corrected chi connectivity index (χ2v) is 28.2. The number of carbonyl (C=O) groups is 1. The van der Waals surface area contributed by atoms with Crippen LogP contribution in [0.1, 0.15) is 354 Å². The Balaban J connectivity index is 1.60. The van der Waals surface area contributed by atoms with Crippen LogP contribution in [0.25, 0.3) is 0 Å². The number of hydrogen-bond acceptors (Lipinski definition) is 13. The van der Waals surface area contributed by atoms with E-state index >= 15 is 0 Å². The Morgan fingerprint density at radius 3 is 1.12 bits per heavy atom. The number of amides is 1. The molecule has 2 fully saturated rings. The smallest absolute Gasteiger partial charge is 0.220 e. The second-order valence-electron chi connectivity index (χ2n) is 28.2. The number of aliphatic hydroxyl groups excluding tert-OH is 8. The number of aliphatic hydroxyl groups is 8. The van der Waals surface area contributed by atoms with E-state index in [1.165, 1.54) is 244 Å². The van der Waals surface area contributed by atoms with Crippen LogP contribution < -0.4 is 5.32 Å². The molecule has 0 saturated carbocycles. The van der Waals surface area contributed by atoms with Crippen LogP contribution in [0.3, 0.4) is 0 Å². The number of allylic oxidation sites excluding steroid dienone is 10. The molecule has 0 aromatic rings. The molecule has 9 N–H and O–H groups in total. The van der Waals surface area contributed by atoms with E-state index in [0.29, 0.717) is 12.8 Å². The summed E-state index contributed by atoms with van der Waals surface area (Å²) in [6.45, 7) is 2.81. The molecular formula is C81H149NO13. The van der Waals surface area contributed by atoms with Gasteiger partial charge in [-0.2, -0.15) is 0 Å². The summed E-state index contributed by atoms with van der Waals surface area (Å²) in [5, 5.41) is 87.9. The van der Waals surface area contributed by atoms with Crippen molar-refractivity contribution in [3.63, 3.8) is 0 Å². The lowest BCUT2D eigenvalue weighted by atomic mass is 9.97. The van der Waals surface area contributed by atoms with Crippen molar-refractivity contribution < 1.29 is 64.6 Å². The molecule has 12 atom stereocenters. The lowest BCUT2D eigenvalue weighted by molar-refractivity contribution is -0.359. The third-order valence-electron chi connectivity index (χ3n) is 19.5. The Morgan fingerprint density at radius 2 is 0.726 bits per heavy atom. The SMILES string of the molecule is CC/C=C\C/C=C\C/C=C\C/C=C\C/C=C\CCCCCCCCCCCCCCCCCCCCCC(=O)NC(COC1OC(CO)C(OC2OC(CO)C(O)C(O)C2O)C(O)C1O)C(O)CCCCCCCCCCCCCCCCCCCCCCCCCCCC. The first-order valence-electron chi connectivity index (χ1n) is 40.0. The van der Waals surface area contributed by atoms with E-state index in [4.69, 9.17) is 18.9 Å². The molecule has 2 saturated heterocycles. The number of carbonyl (C=O) groups excluding carboxylic acids is 1. The first kappa shape index (κ1) is 88.8. The molecule has 0 aliphatic carbocycles. The van der Waals surface area contributed by atoms with E-state index in [-0.39, 0.29) is 12.5 Å². The van der Waals surface area contributed by atoms with Gasteiger partial charge in [0.2, 0.25) is 5.91 Å². The largest absolute Gasteiger partial charge is 0.394 e. The summed E-state index contributed by atoms with van der Waals surface area (Å²) in [5.74, 6) is -0.200. The van der Waals surface area contributed by atoms with Crippen molar-refractivity contribution in [2.45, 2.75) is 428 Å². The Kier molecular flexibility index (Phi) is 60.8. The van der Waals surface area contributed by atoms with Gasteiger partial charge in [0.25, 0.3) is 0 Å². The summed E-state index contributed by atoms with van der Waals surface area (Å²) < 4.78 is 23.0. The average Bonchev–Trinajstić information content (AvgIpc) is 0.800. The highest BCUT2D eigenvalue weighted by Gasteiger charge is 2.51. The molecule has 95 heavy (non-hydrogen) atoms. The first-order valence-corrected chi connectivity index (χ1v) is 40.0. The van der Waals surface area contributed by atoms with Crippen LogP contribution in [0.15, 0.2) is 60.8 Å². The van der Waals surface area contributed by atoms with Gasteiger partial charge in [0.1, 0.15) is 48.8 Å².